The zero-order valence-corrected chi connectivity index (χ0v) is 9.18. The molecule has 1 aromatic heterocycles. The molecule has 0 saturated heterocycles. The molecule has 0 fully saturated rings. The molecule has 7 heteroatoms. The average molecular weight is 281 g/mol. The number of alkyl halides is 1. The Morgan fingerprint density at radius 1 is 1.43 bits per heavy atom. The van der Waals surface area contributed by atoms with Crippen molar-refractivity contribution in [2.75, 3.05) is 5.88 Å². The van der Waals surface area contributed by atoms with E-state index < -0.39 is 11.8 Å². The van der Waals surface area contributed by atoms with Gasteiger partial charge in [-0.05, 0) is 28.1 Å². The van der Waals surface area contributed by atoms with Crippen LogP contribution >= 0.6 is 27.5 Å². The Morgan fingerprint density at radius 3 is 2.64 bits per heavy atom. The molecule has 0 bridgehead atoms. The smallest absolute Gasteiger partial charge is 0.305 e. The van der Waals surface area contributed by atoms with E-state index in [2.05, 4.69) is 26.8 Å². The predicted molar refractivity (Wildman–Crippen MR) is 52.7 cm³/mol. The third-order valence-corrected chi connectivity index (χ3v) is 1.90. The highest BCUT2D eigenvalue weighted by molar-refractivity contribution is 9.10. The van der Waals surface area contributed by atoms with Gasteiger partial charge in [0.2, 0.25) is 0 Å². The molecule has 0 aliphatic heterocycles. The number of hydrazine groups is 1. The van der Waals surface area contributed by atoms with E-state index in [1.165, 1.54) is 6.07 Å². The Hall–Kier alpha value is -1.01. The summed E-state index contributed by atoms with van der Waals surface area (Å²) in [4.78, 5) is 21.9. The maximum Gasteiger partial charge on any atom is 0.305 e. The van der Waals surface area contributed by atoms with Gasteiger partial charge in [-0.1, -0.05) is 0 Å². The topological polar surface area (TPSA) is 71.3 Å². The summed E-state index contributed by atoms with van der Waals surface area (Å²) in [5.41, 5.74) is 4.22. The van der Waals surface area contributed by atoms with Crippen molar-refractivity contribution in [1.29, 1.82) is 0 Å². The molecule has 2 amide bonds. The lowest BCUT2D eigenvalue weighted by atomic mass is 10.4. The second-order valence-electron chi connectivity index (χ2n) is 2.24. The van der Waals surface area contributed by atoms with E-state index in [1.807, 2.05) is 0 Å². The first-order chi connectivity index (χ1) is 6.63. The third-order valence-electron chi connectivity index (χ3n) is 1.23. The Kier molecular flexibility index (Phi) is 3.97. The lowest BCUT2D eigenvalue weighted by molar-refractivity contribution is -0.119. The number of furan rings is 1. The van der Waals surface area contributed by atoms with Gasteiger partial charge in [-0.2, -0.15) is 0 Å². The molecule has 0 saturated carbocycles. The van der Waals surface area contributed by atoms with Crippen molar-refractivity contribution in [2.24, 2.45) is 0 Å². The third kappa shape index (κ3) is 3.04. The number of halogens is 2. The molecule has 14 heavy (non-hydrogen) atoms. The first-order valence-corrected chi connectivity index (χ1v) is 4.86. The molecule has 1 heterocycles. The normalized spacial score (nSPS) is 9.57. The van der Waals surface area contributed by atoms with Gasteiger partial charge in [0, 0.05) is 0 Å². The van der Waals surface area contributed by atoms with E-state index in [0.29, 0.717) is 4.67 Å². The molecule has 1 aromatic rings. The summed E-state index contributed by atoms with van der Waals surface area (Å²) in [6, 6.07) is 3.03. The van der Waals surface area contributed by atoms with E-state index >= 15 is 0 Å². The van der Waals surface area contributed by atoms with Crippen LogP contribution in [0.25, 0.3) is 0 Å². The van der Waals surface area contributed by atoms with Crippen LogP contribution in [0.5, 0.6) is 0 Å². The van der Waals surface area contributed by atoms with Crippen molar-refractivity contribution in [2.45, 2.75) is 0 Å². The fraction of sp³-hybridized carbons (Fsp3) is 0.143. The van der Waals surface area contributed by atoms with Crippen molar-refractivity contribution in [3.8, 4) is 0 Å². The predicted octanol–water partition coefficient (Wildman–Crippen LogP) is 1.04. The number of carbonyl (C=O) groups excluding carboxylic acids is 2. The standard InChI is InChI=1S/C7H6BrClN2O3/c8-5-2-1-4(14-5)7(13)11-10-6(12)3-9/h1-2H,3H2,(H,10,12)(H,11,13). The molecule has 0 spiro atoms. The van der Waals surface area contributed by atoms with Crippen molar-refractivity contribution in [3.05, 3.63) is 22.6 Å². The van der Waals surface area contributed by atoms with E-state index in [1.54, 1.807) is 6.07 Å². The van der Waals surface area contributed by atoms with Gasteiger partial charge in [0.25, 0.3) is 5.91 Å². The molecule has 0 unspecified atom stereocenters. The molecule has 0 aliphatic rings. The first kappa shape index (κ1) is 11.1. The van der Waals surface area contributed by atoms with Crippen LogP contribution in [0.4, 0.5) is 0 Å². The summed E-state index contributed by atoms with van der Waals surface area (Å²) in [7, 11) is 0. The van der Waals surface area contributed by atoms with E-state index in [9.17, 15) is 9.59 Å². The number of carbonyl (C=O) groups is 2. The average Bonchev–Trinajstić information content (AvgIpc) is 2.60. The Labute approximate surface area is 92.9 Å². The van der Waals surface area contributed by atoms with Gasteiger partial charge in [0.05, 0.1) is 0 Å². The zero-order chi connectivity index (χ0) is 10.6. The van der Waals surface area contributed by atoms with Gasteiger partial charge >= 0.3 is 5.91 Å². The summed E-state index contributed by atoms with van der Waals surface area (Å²) in [6.07, 6.45) is 0. The highest BCUT2D eigenvalue weighted by Gasteiger charge is 2.10. The second-order valence-corrected chi connectivity index (χ2v) is 3.29. The van der Waals surface area contributed by atoms with Gasteiger partial charge in [0.1, 0.15) is 5.88 Å². The minimum atomic E-state index is -0.547. The molecular weight excluding hydrogens is 275 g/mol. The number of amides is 2. The summed E-state index contributed by atoms with van der Waals surface area (Å²) in [6.45, 7) is 0. The van der Waals surface area contributed by atoms with Gasteiger partial charge < -0.3 is 4.42 Å². The minimum Gasteiger partial charge on any atom is -0.444 e. The largest absolute Gasteiger partial charge is 0.444 e. The van der Waals surface area contributed by atoms with Crippen LogP contribution in [0.3, 0.4) is 0 Å². The number of nitrogens with one attached hydrogen (secondary N) is 2. The summed E-state index contributed by atoms with van der Waals surface area (Å²) < 4.78 is 5.37. The lowest BCUT2D eigenvalue weighted by Crippen LogP contribution is -2.42. The zero-order valence-electron chi connectivity index (χ0n) is 6.84. The van der Waals surface area contributed by atoms with Gasteiger partial charge in [0.15, 0.2) is 10.4 Å². The molecule has 0 aromatic carbocycles. The number of hydrogen-bond donors (Lipinski definition) is 2. The maximum absolute atomic E-state index is 11.2. The monoisotopic (exact) mass is 280 g/mol. The fourth-order valence-electron chi connectivity index (χ4n) is 0.658. The van der Waals surface area contributed by atoms with Crippen LogP contribution in [0.1, 0.15) is 10.6 Å². The van der Waals surface area contributed by atoms with Crippen molar-refractivity contribution in [1.82, 2.24) is 10.9 Å². The molecule has 76 valence electrons. The van der Waals surface area contributed by atoms with Crippen LogP contribution in [0.15, 0.2) is 21.2 Å². The molecule has 0 radical (unpaired) electrons. The summed E-state index contributed by atoms with van der Waals surface area (Å²) in [5, 5.41) is 0. The molecule has 0 atom stereocenters. The van der Waals surface area contributed by atoms with Crippen molar-refractivity contribution >= 4 is 39.3 Å². The van der Waals surface area contributed by atoms with Crippen LogP contribution in [0.2, 0.25) is 0 Å². The quantitative estimate of drug-likeness (QED) is 0.628. The Bertz CT molecular complexity index is 352. The summed E-state index contributed by atoms with van der Waals surface area (Å²) in [5.74, 6) is -1.17. The highest BCUT2D eigenvalue weighted by atomic mass is 79.9. The Morgan fingerprint density at radius 2 is 2.14 bits per heavy atom. The molecule has 5 nitrogen and oxygen atoms in total. The lowest BCUT2D eigenvalue weighted by Gasteiger charge is -2.02. The Balaban J connectivity index is 2.47. The van der Waals surface area contributed by atoms with Gasteiger partial charge in [-0.3, -0.25) is 20.4 Å². The minimum absolute atomic E-state index is 0.0896. The SMILES string of the molecule is O=C(CCl)NNC(=O)c1ccc(Br)o1. The van der Waals surface area contributed by atoms with Crippen molar-refractivity contribution in [3.63, 3.8) is 0 Å². The van der Waals surface area contributed by atoms with Gasteiger partial charge in [-0.15, -0.1) is 11.6 Å². The van der Waals surface area contributed by atoms with E-state index in [4.69, 9.17) is 16.0 Å². The first-order valence-electron chi connectivity index (χ1n) is 3.54. The van der Waals surface area contributed by atoms with Crippen LogP contribution < -0.4 is 10.9 Å². The molecule has 2 N–H and O–H groups in total. The highest BCUT2D eigenvalue weighted by Crippen LogP contribution is 2.13. The van der Waals surface area contributed by atoms with Crippen LogP contribution in [-0.4, -0.2) is 17.7 Å². The molecule has 1 rings (SSSR count). The van der Waals surface area contributed by atoms with E-state index in [0.717, 1.165) is 0 Å². The van der Waals surface area contributed by atoms with Crippen molar-refractivity contribution < 1.29 is 14.0 Å². The molecular formula is C7H6BrClN2O3. The fourth-order valence-corrected chi connectivity index (χ4v) is 1.03. The molecule has 0 aliphatic carbocycles. The number of hydrogen-bond acceptors (Lipinski definition) is 3. The second kappa shape index (κ2) is 5.02. The van der Waals surface area contributed by atoms with Crippen LogP contribution in [0, 0.1) is 0 Å². The number of rotatable bonds is 2. The van der Waals surface area contributed by atoms with Gasteiger partial charge in [-0.25, -0.2) is 0 Å². The summed E-state index contributed by atoms with van der Waals surface area (Å²) >= 11 is 8.23. The van der Waals surface area contributed by atoms with Crippen LogP contribution in [-0.2, 0) is 4.79 Å². The van der Waals surface area contributed by atoms with E-state index in [-0.39, 0.29) is 11.6 Å². The maximum atomic E-state index is 11.2.